The van der Waals surface area contributed by atoms with Crippen molar-refractivity contribution < 1.29 is 0 Å². The highest BCUT2D eigenvalue weighted by Gasteiger charge is 2.29. The first kappa shape index (κ1) is 14.9. The number of aromatic nitrogens is 1. The van der Waals surface area contributed by atoms with Crippen LogP contribution in [0.25, 0.3) is 0 Å². The second-order valence-corrected chi connectivity index (χ2v) is 6.86. The van der Waals surface area contributed by atoms with E-state index in [9.17, 15) is 0 Å². The van der Waals surface area contributed by atoms with Crippen LogP contribution in [-0.4, -0.2) is 41.6 Å². The molecule has 2 heterocycles. The highest BCUT2D eigenvalue weighted by molar-refractivity contribution is 7.09. The van der Waals surface area contributed by atoms with E-state index in [0.29, 0.717) is 18.0 Å². The Balaban J connectivity index is 1.91. The molecule has 0 radical (unpaired) electrons. The zero-order valence-electron chi connectivity index (χ0n) is 12.4. The van der Waals surface area contributed by atoms with Crippen molar-refractivity contribution in [2.24, 2.45) is 5.92 Å². The van der Waals surface area contributed by atoms with Gasteiger partial charge in [0, 0.05) is 49.7 Å². The molecule has 2 unspecified atom stereocenters. The van der Waals surface area contributed by atoms with Crippen molar-refractivity contribution in [3.63, 3.8) is 0 Å². The van der Waals surface area contributed by atoms with Gasteiger partial charge in [-0.15, -0.1) is 11.3 Å². The highest BCUT2D eigenvalue weighted by Crippen LogP contribution is 2.18. The number of piperazine rings is 1. The molecule has 108 valence electrons. The average Bonchev–Trinajstić information content (AvgIpc) is 2.89. The van der Waals surface area contributed by atoms with Crippen LogP contribution in [0.15, 0.2) is 11.6 Å². The summed E-state index contributed by atoms with van der Waals surface area (Å²) in [6, 6.07) is 1.35. The average molecular weight is 281 g/mol. The summed E-state index contributed by atoms with van der Waals surface area (Å²) >= 11 is 1.78. The Morgan fingerprint density at radius 1 is 1.53 bits per heavy atom. The number of hydrogen-bond acceptors (Lipinski definition) is 4. The molecule has 3 nitrogen and oxygen atoms in total. The molecule has 4 heteroatoms. The minimum absolute atomic E-state index is 0.674. The van der Waals surface area contributed by atoms with Gasteiger partial charge in [-0.2, -0.15) is 0 Å². The molecule has 19 heavy (non-hydrogen) atoms. The maximum atomic E-state index is 4.40. The molecule has 1 aromatic heterocycles. The third kappa shape index (κ3) is 4.26. The zero-order chi connectivity index (χ0) is 13.7. The third-order valence-corrected chi connectivity index (χ3v) is 4.88. The van der Waals surface area contributed by atoms with E-state index in [0.717, 1.165) is 19.5 Å². The van der Waals surface area contributed by atoms with Gasteiger partial charge >= 0.3 is 0 Å². The monoisotopic (exact) mass is 281 g/mol. The summed E-state index contributed by atoms with van der Waals surface area (Å²) in [6.45, 7) is 10.4. The van der Waals surface area contributed by atoms with Gasteiger partial charge in [-0.1, -0.05) is 27.2 Å². The lowest BCUT2D eigenvalue weighted by Crippen LogP contribution is -2.58. The Labute approximate surface area is 121 Å². The van der Waals surface area contributed by atoms with Crippen LogP contribution in [0, 0.1) is 5.92 Å². The fourth-order valence-corrected chi connectivity index (χ4v) is 3.58. The number of nitrogens with zero attached hydrogens (tertiary/aromatic N) is 2. The van der Waals surface area contributed by atoms with Crippen LogP contribution < -0.4 is 5.32 Å². The van der Waals surface area contributed by atoms with E-state index in [4.69, 9.17) is 0 Å². The third-order valence-electron chi connectivity index (χ3n) is 4.04. The molecule has 0 aromatic carbocycles. The molecule has 0 spiro atoms. The van der Waals surface area contributed by atoms with Crippen LogP contribution >= 0.6 is 11.3 Å². The predicted octanol–water partition coefficient (Wildman–Crippen LogP) is 2.78. The summed E-state index contributed by atoms with van der Waals surface area (Å²) < 4.78 is 0. The molecule has 1 fully saturated rings. The zero-order valence-corrected chi connectivity index (χ0v) is 13.2. The number of hydrogen-bond donors (Lipinski definition) is 1. The topological polar surface area (TPSA) is 28.2 Å². The van der Waals surface area contributed by atoms with Crippen LogP contribution in [0.2, 0.25) is 0 Å². The van der Waals surface area contributed by atoms with Gasteiger partial charge in [0.1, 0.15) is 0 Å². The van der Waals surface area contributed by atoms with Crippen molar-refractivity contribution in [2.45, 2.75) is 52.1 Å². The largest absolute Gasteiger partial charge is 0.311 e. The smallest absolute Gasteiger partial charge is 0.0937 e. The molecule has 2 atom stereocenters. The van der Waals surface area contributed by atoms with Crippen LogP contribution in [-0.2, 0) is 6.42 Å². The number of thiazole rings is 1. The fraction of sp³-hybridized carbons (Fsp3) is 0.800. The number of rotatable bonds is 6. The molecule has 0 saturated carbocycles. The quantitative estimate of drug-likeness (QED) is 0.869. The van der Waals surface area contributed by atoms with Crippen molar-refractivity contribution in [2.75, 3.05) is 19.6 Å². The Kier molecular flexibility index (Phi) is 5.79. The van der Waals surface area contributed by atoms with Crippen molar-refractivity contribution in [3.8, 4) is 0 Å². The van der Waals surface area contributed by atoms with E-state index in [1.165, 1.54) is 24.4 Å². The van der Waals surface area contributed by atoms with Crippen molar-refractivity contribution in [3.05, 3.63) is 16.6 Å². The van der Waals surface area contributed by atoms with Gasteiger partial charge in [0.05, 0.1) is 5.01 Å². The molecule has 0 aliphatic carbocycles. The van der Waals surface area contributed by atoms with E-state index < -0.39 is 0 Å². The minimum atomic E-state index is 0.674. The van der Waals surface area contributed by atoms with Crippen molar-refractivity contribution in [1.29, 1.82) is 0 Å². The van der Waals surface area contributed by atoms with Gasteiger partial charge in [-0.25, -0.2) is 4.98 Å². The second-order valence-electron chi connectivity index (χ2n) is 5.88. The van der Waals surface area contributed by atoms with Gasteiger partial charge in [0.2, 0.25) is 0 Å². The Morgan fingerprint density at radius 3 is 3.00 bits per heavy atom. The van der Waals surface area contributed by atoms with Gasteiger partial charge in [-0.05, 0) is 12.3 Å². The van der Waals surface area contributed by atoms with E-state index in [-0.39, 0.29) is 0 Å². The molecule has 1 N–H and O–H groups in total. The summed E-state index contributed by atoms with van der Waals surface area (Å²) in [5, 5.41) is 7.07. The Morgan fingerprint density at radius 2 is 2.37 bits per heavy atom. The molecule has 1 aromatic rings. The summed E-state index contributed by atoms with van der Waals surface area (Å²) in [5.74, 6) is 0.714. The van der Waals surface area contributed by atoms with Crippen LogP contribution in [0.5, 0.6) is 0 Å². The number of nitrogens with one attached hydrogen (secondary N) is 1. The van der Waals surface area contributed by atoms with Crippen LogP contribution in [0.1, 0.15) is 38.6 Å². The standard InChI is InChI=1S/C15H27N3S/c1-4-5-13-11-18(14(10-17-13)12(2)3)8-6-15-16-7-9-19-15/h7,9,12-14,17H,4-6,8,10-11H2,1-3H3. The summed E-state index contributed by atoms with van der Waals surface area (Å²) in [6.07, 6.45) is 5.57. The summed E-state index contributed by atoms with van der Waals surface area (Å²) in [4.78, 5) is 7.09. The summed E-state index contributed by atoms with van der Waals surface area (Å²) in [7, 11) is 0. The van der Waals surface area contributed by atoms with E-state index in [2.05, 4.69) is 41.4 Å². The highest BCUT2D eigenvalue weighted by atomic mass is 32.1. The van der Waals surface area contributed by atoms with Gasteiger partial charge in [0.15, 0.2) is 0 Å². The Hall–Kier alpha value is -0.450. The van der Waals surface area contributed by atoms with Crippen LogP contribution in [0.3, 0.4) is 0 Å². The first-order valence-corrected chi connectivity index (χ1v) is 8.44. The molecule has 1 aliphatic rings. The normalized spacial score (nSPS) is 25.1. The molecular formula is C15H27N3S. The van der Waals surface area contributed by atoms with Crippen molar-refractivity contribution in [1.82, 2.24) is 15.2 Å². The van der Waals surface area contributed by atoms with Gasteiger partial charge < -0.3 is 5.32 Å². The maximum Gasteiger partial charge on any atom is 0.0937 e. The lowest BCUT2D eigenvalue weighted by atomic mass is 9.97. The molecule has 0 amide bonds. The lowest BCUT2D eigenvalue weighted by Gasteiger charge is -2.42. The van der Waals surface area contributed by atoms with E-state index in [1.807, 2.05) is 6.20 Å². The maximum absolute atomic E-state index is 4.40. The van der Waals surface area contributed by atoms with Gasteiger partial charge in [0.25, 0.3) is 0 Å². The lowest BCUT2D eigenvalue weighted by molar-refractivity contribution is 0.0969. The van der Waals surface area contributed by atoms with Gasteiger partial charge in [-0.3, -0.25) is 4.90 Å². The van der Waals surface area contributed by atoms with E-state index in [1.54, 1.807) is 11.3 Å². The fourth-order valence-electron chi connectivity index (χ4n) is 2.97. The van der Waals surface area contributed by atoms with E-state index >= 15 is 0 Å². The predicted molar refractivity (Wildman–Crippen MR) is 82.7 cm³/mol. The minimum Gasteiger partial charge on any atom is -0.311 e. The van der Waals surface area contributed by atoms with Crippen molar-refractivity contribution >= 4 is 11.3 Å². The molecule has 1 saturated heterocycles. The first-order valence-electron chi connectivity index (χ1n) is 7.56. The molecule has 2 rings (SSSR count). The van der Waals surface area contributed by atoms with Crippen LogP contribution in [0.4, 0.5) is 0 Å². The molecule has 1 aliphatic heterocycles. The molecule has 0 bridgehead atoms. The molecular weight excluding hydrogens is 254 g/mol. The second kappa shape index (κ2) is 7.36. The Bertz CT molecular complexity index is 350. The SMILES string of the molecule is CCCC1CN(CCc2nccs2)C(C(C)C)CN1. The first-order chi connectivity index (χ1) is 9.20. The summed E-state index contributed by atoms with van der Waals surface area (Å²) in [5.41, 5.74) is 0.